The van der Waals surface area contributed by atoms with Crippen LogP contribution in [0.25, 0.3) is 32.4 Å². The number of hydrogen-bond acceptors (Lipinski definition) is 5. The Morgan fingerprint density at radius 3 is 1.78 bits per heavy atom. The molecule has 0 unspecified atom stereocenters. The Labute approximate surface area is 212 Å². The van der Waals surface area contributed by atoms with Gasteiger partial charge in [0.2, 0.25) is 5.88 Å². The minimum atomic E-state index is -0.957. The SMILES string of the molecule is Cc1c(OC(=O)Oc2ccc3ccccc3c2)n(C(=O)Oc2ccc3ccccc3c2)c2ccccc12. The fourth-order valence-electron chi connectivity index (χ4n) is 4.49. The largest absolute Gasteiger partial charge is 0.520 e. The first-order valence-corrected chi connectivity index (χ1v) is 11.8. The zero-order chi connectivity index (χ0) is 25.4. The van der Waals surface area contributed by atoms with Crippen LogP contribution in [0.5, 0.6) is 17.4 Å². The Morgan fingerprint density at radius 2 is 1.14 bits per heavy atom. The number of carbonyl (C=O) groups is 2. The summed E-state index contributed by atoms with van der Waals surface area (Å²) < 4.78 is 18.0. The van der Waals surface area contributed by atoms with Crippen LogP contribution in [-0.2, 0) is 0 Å². The standard InChI is InChI=1S/C31H21NO5/c1-20-27-12-6-7-13-28(27)32(30(33)35-25-16-14-21-8-2-4-10-23(21)18-25)29(20)37-31(34)36-26-17-15-22-9-3-5-11-24(22)19-26/h2-19H,1H3. The molecule has 0 N–H and O–H groups in total. The second-order valence-electron chi connectivity index (χ2n) is 8.62. The zero-order valence-corrected chi connectivity index (χ0v) is 19.9. The van der Waals surface area contributed by atoms with Crippen molar-refractivity contribution < 1.29 is 23.8 Å². The van der Waals surface area contributed by atoms with Crippen molar-refractivity contribution in [2.75, 3.05) is 0 Å². The molecule has 0 amide bonds. The van der Waals surface area contributed by atoms with Crippen LogP contribution in [-0.4, -0.2) is 16.8 Å². The van der Waals surface area contributed by atoms with Gasteiger partial charge in [0.05, 0.1) is 5.52 Å². The van der Waals surface area contributed by atoms with Crippen LogP contribution in [0.15, 0.2) is 109 Å². The molecule has 1 heterocycles. The van der Waals surface area contributed by atoms with E-state index in [9.17, 15) is 9.59 Å². The fourth-order valence-corrected chi connectivity index (χ4v) is 4.49. The number of benzene rings is 5. The summed E-state index contributed by atoms with van der Waals surface area (Å²) in [6.45, 7) is 1.78. The van der Waals surface area contributed by atoms with Crippen molar-refractivity contribution in [3.05, 3.63) is 115 Å². The second-order valence-corrected chi connectivity index (χ2v) is 8.62. The molecule has 6 aromatic rings. The third-order valence-electron chi connectivity index (χ3n) is 6.28. The minimum absolute atomic E-state index is 0.0396. The highest BCUT2D eigenvalue weighted by Crippen LogP contribution is 2.33. The first kappa shape index (κ1) is 22.4. The maximum Gasteiger partial charge on any atom is 0.520 e. The van der Waals surface area contributed by atoms with Gasteiger partial charge in [0.1, 0.15) is 11.5 Å². The van der Waals surface area contributed by atoms with E-state index >= 15 is 0 Å². The number of para-hydroxylation sites is 1. The molecule has 37 heavy (non-hydrogen) atoms. The smallest absolute Gasteiger partial charge is 0.410 e. The summed E-state index contributed by atoms with van der Waals surface area (Å²) in [6.07, 6.45) is -1.66. The molecule has 0 aliphatic rings. The second kappa shape index (κ2) is 9.17. The lowest BCUT2D eigenvalue weighted by Gasteiger charge is -2.11. The molecule has 0 spiro atoms. The topological polar surface area (TPSA) is 66.8 Å². The van der Waals surface area contributed by atoms with Crippen molar-refractivity contribution in [2.45, 2.75) is 6.92 Å². The van der Waals surface area contributed by atoms with Crippen LogP contribution in [0.1, 0.15) is 5.56 Å². The van der Waals surface area contributed by atoms with Gasteiger partial charge >= 0.3 is 12.2 Å². The molecule has 5 aromatic carbocycles. The molecule has 0 saturated carbocycles. The Morgan fingerprint density at radius 1 is 0.595 bits per heavy atom. The normalized spacial score (nSPS) is 11.1. The fraction of sp³-hybridized carbons (Fsp3) is 0.0323. The number of rotatable bonds is 3. The van der Waals surface area contributed by atoms with Gasteiger partial charge in [-0.05, 0) is 58.8 Å². The number of ether oxygens (including phenoxy) is 3. The third kappa shape index (κ3) is 4.25. The van der Waals surface area contributed by atoms with Crippen LogP contribution < -0.4 is 14.2 Å². The molecular weight excluding hydrogens is 466 g/mol. The Bertz CT molecular complexity index is 1820. The van der Waals surface area contributed by atoms with Crippen LogP contribution >= 0.6 is 0 Å². The quantitative estimate of drug-likeness (QED) is 0.188. The lowest BCUT2D eigenvalue weighted by atomic mass is 10.1. The summed E-state index contributed by atoms with van der Waals surface area (Å²) in [5.74, 6) is 0.754. The summed E-state index contributed by atoms with van der Waals surface area (Å²) in [6, 6.07) is 33.5. The Kier molecular flexibility index (Phi) is 5.54. The molecule has 1 aromatic heterocycles. The number of nitrogens with zero attached hydrogens (tertiary/aromatic N) is 1. The molecule has 0 radical (unpaired) electrons. The van der Waals surface area contributed by atoms with Gasteiger partial charge < -0.3 is 14.2 Å². The van der Waals surface area contributed by atoms with Crippen molar-refractivity contribution in [3.63, 3.8) is 0 Å². The van der Waals surface area contributed by atoms with E-state index in [1.54, 1.807) is 43.3 Å². The lowest BCUT2D eigenvalue weighted by molar-refractivity contribution is 0.147. The molecule has 0 aliphatic heterocycles. The summed E-state index contributed by atoms with van der Waals surface area (Å²) in [5, 5.41) is 4.68. The van der Waals surface area contributed by atoms with Gasteiger partial charge in [0.15, 0.2) is 0 Å². The van der Waals surface area contributed by atoms with Gasteiger partial charge in [0.25, 0.3) is 0 Å². The monoisotopic (exact) mass is 487 g/mol. The Balaban J connectivity index is 1.31. The summed E-state index contributed by atoms with van der Waals surface area (Å²) in [4.78, 5) is 26.2. The van der Waals surface area contributed by atoms with Gasteiger partial charge in [0, 0.05) is 10.9 Å². The number of aryl methyl sites for hydroxylation is 1. The van der Waals surface area contributed by atoms with E-state index in [0.29, 0.717) is 22.6 Å². The Hall–Kier alpha value is -5.10. The van der Waals surface area contributed by atoms with Gasteiger partial charge in [-0.1, -0.05) is 78.9 Å². The molecule has 0 bridgehead atoms. The highest BCUT2D eigenvalue weighted by atomic mass is 16.7. The number of hydrogen-bond donors (Lipinski definition) is 0. The average molecular weight is 488 g/mol. The molecule has 0 fully saturated rings. The van der Waals surface area contributed by atoms with Crippen LogP contribution in [0, 0.1) is 6.92 Å². The minimum Gasteiger partial charge on any atom is -0.410 e. The predicted molar refractivity (Wildman–Crippen MR) is 143 cm³/mol. The van der Waals surface area contributed by atoms with Crippen molar-refractivity contribution in [3.8, 4) is 17.4 Å². The summed E-state index contributed by atoms with van der Waals surface area (Å²) >= 11 is 0. The van der Waals surface area contributed by atoms with Crippen LogP contribution in [0.3, 0.4) is 0 Å². The van der Waals surface area contributed by atoms with E-state index in [2.05, 4.69) is 0 Å². The van der Waals surface area contributed by atoms with E-state index in [-0.39, 0.29) is 5.88 Å². The van der Waals surface area contributed by atoms with Crippen molar-refractivity contribution in [1.82, 2.24) is 4.57 Å². The molecule has 0 atom stereocenters. The van der Waals surface area contributed by atoms with Gasteiger partial charge in [-0.15, -0.1) is 0 Å². The molecule has 0 aliphatic carbocycles. The van der Waals surface area contributed by atoms with Crippen molar-refractivity contribution in [2.24, 2.45) is 0 Å². The first-order chi connectivity index (χ1) is 18.1. The van der Waals surface area contributed by atoms with Crippen LogP contribution in [0.2, 0.25) is 0 Å². The van der Waals surface area contributed by atoms with Gasteiger partial charge in [-0.3, -0.25) is 0 Å². The molecule has 0 saturated heterocycles. The molecular formula is C31H21NO5. The molecule has 6 nitrogen and oxygen atoms in total. The zero-order valence-electron chi connectivity index (χ0n) is 19.9. The number of aromatic nitrogens is 1. The first-order valence-electron chi connectivity index (χ1n) is 11.8. The van der Waals surface area contributed by atoms with Gasteiger partial charge in [-0.25, -0.2) is 14.2 Å². The van der Waals surface area contributed by atoms with E-state index in [0.717, 1.165) is 26.9 Å². The summed E-state index contributed by atoms with van der Waals surface area (Å²) in [7, 11) is 0. The molecule has 6 rings (SSSR count). The van der Waals surface area contributed by atoms with Gasteiger partial charge in [-0.2, -0.15) is 0 Å². The van der Waals surface area contributed by atoms with Crippen molar-refractivity contribution in [1.29, 1.82) is 0 Å². The van der Waals surface area contributed by atoms with Crippen molar-refractivity contribution >= 4 is 44.7 Å². The van der Waals surface area contributed by atoms with E-state index < -0.39 is 12.2 Å². The van der Waals surface area contributed by atoms with E-state index in [1.165, 1.54) is 4.57 Å². The maximum absolute atomic E-state index is 13.4. The average Bonchev–Trinajstić information content (AvgIpc) is 3.19. The van der Waals surface area contributed by atoms with E-state index in [4.69, 9.17) is 14.2 Å². The predicted octanol–water partition coefficient (Wildman–Crippen LogP) is 7.88. The summed E-state index contributed by atoms with van der Waals surface area (Å²) in [5.41, 5.74) is 1.17. The highest BCUT2D eigenvalue weighted by Gasteiger charge is 2.25. The third-order valence-corrected chi connectivity index (χ3v) is 6.28. The highest BCUT2D eigenvalue weighted by molar-refractivity contribution is 5.96. The molecule has 6 heteroatoms. The van der Waals surface area contributed by atoms with E-state index in [1.807, 2.05) is 72.8 Å². The molecule has 180 valence electrons. The lowest BCUT2D eigenvalue weighted by Crippen LogP contribution is -2.22. The maximum atomic E-state index is 13.4. The number of carbonyl (C=O) groups excluding carboxylic acids is 2. The van der Waals surface area contributed by atoms with Crippen LogP contribution in [0.4, 0.5) is 9.59 Å². The number of fused-ring (bicyclic) bond motifs is 3.